The minimum Gasteiger partial charge on any atom is -0.355 e. The van der Waals surface area contributed by atoms with E-state index in [4.69, 9.17) is 40.1 Å². The van der Waals surface area contributed by atoms with Gasteiger partial charge in [-0.2, -0.15) is 5.26 Å². The number of nitriles is 1. The Hall–Kier alpha value is -0.690. The molecule has 90 valence electrons. The quantitative estimate of drug-likeness (QED) is 0.736. The molecule has 1 aromatic heterocycles. The van der Waals surface area contributed by atoms with Crippen LogP contribution in [-0.2, 0) is 0 Å². The van der Waals surface area contributed by atoms with Gasteiger partial charge in [0.25, 0.3) is 0 Å². The number of nitrogens with zero attached hydrogens (tertiary/aromatic N) is 3. The first-order valence-electron chi connectivity index (χ1n) is 5.34. The van der Waals surface area contributed by atoms with Crippen molar-refractivity contribution in [2.75, 3.05) is 18.0 Å². The smallest absolute Gasteiger partial charge is 0.150 e. The third-order valence-electron chi connectivity index (χ3n) is 2.79. The van der Waals surface area contributed by atoms with E-state index in [1.165, 1.54) is 6.42 Å². The standard InChI is InChI=1S/C11H10Cl3N3/c12-8-7(6-15)10(14)16-11(9(8)13)17-4-2-1-3-5-17/h1-5H2. The molecule has 0 bridgehead atoms. The molecule has 0 spiro atoms. The third kappa shape index (κ3) is 2.44. The van der Waals surface area contributed by atoms with Crippen LogP contribution in [0.1, 0.15) is 24.8 Å². The fourth-order valence-electron chi connectivity index (χ4n) is 1.91. The number of hydrogen-bond acceptors (Lipinski definition) is 3. The molecule has 0 saturated carbocycles. The van der Waals surface area contributed by atoms with Crippen LogP contribution in [0.3, 0.4) is 0 Å². The molecule has 2 rings (SSSR count). The van der Waals surface area contributed by atoms with Crippen molar-refractivity contribution in [2.24, 2.45) is 0 Å². The summed E-state index contributed by atoms with van der Waals surface area (Å²) in [6.07, 6.45) is 3.42. The van der Waals surface area contributed by atoms with Crippen LogP contribution in [0.5, 0.6) is 0 Å². The van der Waals surface area contributed by atoms with Crippen molar-refractivity contribution < 1.29 is 0 Å². The fourth-order valence-corrected chi connectivity index (χ4v) is 2.64. The molecule has 0 unspecified atom stereocenters. The number of pyridine rings is 1. The first kappa shape index (κ1) is 12.8. The fraction of sp³-hybridized carbons (Fsp3) is 0.455. The van der Waals surface area contributed by atoms with Gasteiger partial charge in [-0.15, -0.1) is 0 Å². The lowest BCUT2D eigenvalue weighted by molar-refractivity contribution is 0.573. The Morgan fingerprint density at radius 2 is 1.71 bits per heavy atom. The van der Waals surface area contributed by atoms with Gasteiger partial charge in [0.05, 0.1) is 5.02 Å². The zero-order chi connectivity index (χ0) is 12.4. The largest absolute Gasteiger partial charge is 0.355 e. The van der Waals surface area contributed by atoms with Crippen LogP contribution in [0.4, 0.5) is 5.82 Å². The molecule has 17 heavy (non-hydrogen) atoms. The molecule has 1 fully saturated rings. The van der Waals surface area contributed by atoms with E-state index in [1.54, 1.807) is 0 Å². The Kier molecular flexibility index (Phi) is 3.98. The van der Waals surface area contributed by atoms with E-state index in [0.717, 1.165) is 25.9 Å². The van der Waals surface area contributed by atoms with Crippen molar-refractivity contribution >= 4 is 40.6 Å². The average molecular weight is 291 g/mol. The number of aromatic nitrogens is 1. The minimum atomic E-state index is 0.113. The number of anilines is 1. The topological polar surface area (TPSA) is 39.9 Å². The zero-order valence-corrected chi connectivity index (χ0v) is 11.3. The van der Waals surface area contributed by atoms with Crippen molar-refractivity contribution in [3.05, 3.63) is 20.8 Å². The van der Waals surface area contributed by atoms with E-state index in [2.05, 4.69) is 9.88 Å². The van der Waals surface area contributed by atoms with E-state index in [-0.39, 0.29) is 15.7 Å². The lowest BCUT2D eigenvalue weighted by Gasteiger charge is -2.28. The lowest BCUT2D eigenvalue weighted by atomic mass is 10.1. The first-order valence-corrected chi connectivity index (χ1v) is 6.48. The Labute approximate surface area is 115 Å². The molecule has 0 amide bonds. The van der Waals surface area contributed by atoms with E-state index in [0.29, 0.717) is 10.8 Å². The van der Waals surface area contributed by atoms with Crippen LogP contribution in [0.25, 0.3) is 0 Å². The van der Waals surface area contributed by atoms with Crippen LogP contribution < -0.4 is 4.90 Å². The first-order chi connectivity index (χ1) is 8.15. The summed E-state index contributed by atoms with van der Waals surface area (Å²) in [6.45, 7) is 1.79. The lowest BCUT2D eigenvalue weighted by Crippen LogP contribution is -2.30. The molecule has 3 nitrogen and oxygen atoms in total. The van der Waals surface area contributed by atoms with Gasteiger partial charge in [0.2, 0.25) is 0 Å². The summed E-state index contributed by atoms with van der Waals surface area (Å²) < 4.78 is 0. The Morgan fingerprint density at radius 3 is 2.29 bits per heavy atom. The molecule has 0 aliphatic carbocycles. The molecule has 1 aliphatic rings. The normalized spacial score (nSPS) is 15.8. The molecule has 0 atom stereocenters. The Bertz CT molecular complexity index is 476. The summed E-state index contributed by atoms with van der Waals surface area (Å²) in [5.74, 6) is 0.584. The van der Waals surface area contributed by atoms with Gasteiger partial charge in [-0.3, -0.25) is 0 Å². The van der Waals surface area contributed by atoms with E-state index in [9.17, 15) is 0 Å². The summed E-state index contributed by atoms with van der Waals surface area (Å²) in [5.41, 5.74) is 0.138. The van der Waals surface area contributed by atoms with Gasteiger partial charge in [0.1, 0.15) is 16.7 Å². The van der Waals surface area contributed by atoms with Gasteiger partial charge in [0, 0.05) is 13.1 Å². The van der Waals surface area contributed by atoms with Gasteiger partial charge in [-0.05, 0) is 19.3 Å². The summed E-state index contributed by atoms with van der Waals surface area (Å²) in [4.78, 5) is 6.24. The predicted molar refractivity (Wildman–Crippen MR) is 70.0 cm³/mol. The number of rotatable bonds is 1. The summed E-state index contributed by atoms with van der Waals surface area (Å²) in [5, 5.41) is 9.51. The molecule has 1 aromatic rings. The molecule has 0 radical (unpaired) electrons. The molecule has 1 aliphatic heterocycles. The second kappa shape index (κ2) is 5.30. The van der Waals surface area contributed by atoms with Gasteiger partial charge < -0.3 is 4.90 Å². The van der Waals surface area contributed by atoms with E-state index >= 15 is 0 Å². The summed E-state index contributed by atoms with van der Waals surface area (Å²) >= 11 is 18.1. The number of piperidine rings is 1. The molecule has 6 heteroatoms. The highest BCUT2D eigenvalue weighted by Gasteiger charge is 2.21. The van der Waals surface area contributed by atoms with Crippen LogP contribution in [0.15, 0.2) is 0 Å². The molecule has 0 aromatic carbocycles. The van der Waals surface area contributed by atoms with Crippen LogP contribution >= 0.6 is 34.8 Å². The Balaban J connectivity index is 2.45. The SMILES string of the molecule is N#Cc1c(Cl)nc(N2CCCCC2)c(Cl)c1Cl. The van der Waals surface area contributed by atoms with Gasteiger partial charge in [-0.1, -0.05) is 34.8 Å². The highest BCUT2D eigenvalue weighted by atomic mass is 35.5. The minimum absolute atomic E-state index is 0.113. The maximum atomic E-state index is 8.89. The van der Waals surface area contributed by atoms with Crippen LogP contribution in [0, 0.1) is 11.3 Å². The maximum absolute atomic E-state index is 8.89. The highest BCUT2D eigenvalue weighted by molar-refractivity contribution is 6.45. The van der Waals surface area contributed by atoms with Crippen molar-refractivity contribution in [2.45, 2.75) is 19.3 Å². The maximum Gasteiger partial charge on any atom is 0.150 e. The third-order valence-corrected chi connectivity index (χ3v) is 3.89. The van der Waals surface area contributed by atoms with Gasteiger partial charge in [0.15, 0.2) is 11.0 Å². The van der Waals surface area contributed by atoms with Crippen molar-refractivity contribution in [3.63, 3.8) is 0 Å². The molecule has 0 N–H and O–H groups in total. The average Bonchev–Trinajstić information content (AvgIpc) is 2.35. The van der Waals surface area contributed by atoms with Crippen molar-refractivity contribution in [3.8, 4) is 6.07 Å². The van der Waals surface area contributed by atoms with Gasteiger partial charge >= 0.3 is 0 Å². The second-order valence-corrected chi connectivity index (χ2v) is 5.00. The van der Waals surface area contributed by atoms with Crippen molar-refractivity contribution in [1.29, 1.82) is 5.26 Å². The zero-order valence-electron chi connectivity index (χ0n) is 9.01. The summed E-state index contributed by atoms with van der Waals surface area (Å²) in [7, 11) is 0. The highest BCUT2D eigenvalue weighted by Crippen LogP contribution is 2.37. The number of halogens is 3. The van der Waals surface area contributed by atoms with Crippen molar-refractivity contribution in [1.82, 2.24) is 4.98 Å². The molecular formula is C11H10Cl3N3. The van der Waals surface area contributed by atoms with E-state index < -0.39 is 0 Å². The van der Waals surface area contributed by atoms with Gasteiger partial charge in [-0.25, -0.2) is 4.98 Å². The monoisotopic (exact) mass is 289 g/mol. The molecule has 1 saturated heterocycles. The molecular weight excluding hydrogens is 281 g/mol. The Morgan fingerprint density at radius 1 is 1.06 bits per heavy atom. The number of hydrogen-bond donors (Lipinski definition) is 0. The second-order valence-electron chi connectivity index (χ2n) is 3.89. The summed E-state index contributed by atoms with van der Waals surface area (Å²) in [6, 6.07) is 1.91. The molecule has 2 heterocycles. The van der Waals surface area contributed by atoms with Crippen LogP contribution in [0.2, 0.25) is 15.2 Å². The predicted octanol–water partition coefficient (Wildman–Crippen LogP) is 3.90. The van der Waals surface area contributed by atoms with Crippen LogP contribution in [-0.4, -0.2) is 18.1 Å². The van der Waals surface area contributed by atoms with E-state index in [1.807, 2.05) is 6.07 Å².